The van der Waals surface area contributed by atoms with Crippen LogP contribution in [0, 0.1) is 5.92 Å². The summed E-state index contributed by atoms with van der Waals surface area (Å²) in [6.45, 7) is 25.8. The first kappa shape index (κ1) is 31.7. The van der Waals surface area contributed by atoms with Gasteiger partial charge in [-0.2, -0.15) is 0 Å². The minimum absolute atomic E-state index is 0.136. The fraction of sp³-hybridized carbons (Fsp3) is 0.606. The van der Waals surface area contributed by atoms with Crippen molar-refractivity contribution in [2.45, 2.75) is 124 Å². The van der Waals surface area contributed by atoms with Gasteiger partial charge in [0.1, 0.15) is 17.6 Å². The van der Waals surface area contributed by atoms with E-state index in [4.69, 9.17) is 0 Å². The molecule has 0 saturated carbocycles. The molecule has 2 aromatic rings. The van der Waals surface area contributed by atoms with E-state index in [1.165, 1.54) is 0 Å². The molecule has 212 valence electrons. The Morgan fingerprint density at radius 1 is 0.711 bits per heavy atom. The fourth-order valence-corrected chi connectivity index (χ4v) is 5.10. The van der Waals surface area contributed by atoms with Gasteiger partial charge in [-0.3, -0.25) is 4.79 Å². The fourth-order valence-electron chi connectivity index (χ4n) is 5.10. The normalized spacial score (nSPS) is 14.9. The molecule has 0 aromatic heterocycles. The van der Waals surface area contributed by atoms with E-state index >= 15 is 0 Å². The zero-order valence-electron chi connectivity index (χ0n) is 25.8. The summed E-state index contributed by atoms with van der Waals surface area (Å²) < 4.78 is 0. The topological polar surface area (TPSA) is 98.0 Å². The number of carboxylic acid groups (broad SMARTS) is 1. The summed E-state index contributed by atoms with van der Waals surface area (Å²) >= 11 is 0. The van der Waals surface area contributed by atoms with Crippen molar-refractivity contribution < 1.29 is 25.2 Å². The van der Waals surface area contributed by atoms with Crippen molar-refractivity contribution >= 4 is 5.97 Å². The van der Waals surface area contributed by atoms with Crippen LogP contribution >= 0.6 is 0 Å². The van der Waals surface area contributed by atoms with Crippen LogP contribution in [0.5, 0.6) is 11.5 Å². The molecule has 0 aliphatic carbocycles. The Morgan fingerprint density at radius 3 is 1.45 bits per heavy atom. The lowest BCUT2D eigenvalue weighted by Gasteiger charge is -2.34. The van der Waals surface area contributed by atoms with Crippen molar-refractivity contribution in [2.24, 2.45) is 5.92 Å². The van der Waals surface area contributed by atoms with Crippen LogP contribution in [0.2, 0.25) is 0 Å². The minimum atomic E-state index is -1.14. The SMILES string of the molecule is CC(Cc1cc(C(C)(C)C)c(O)c(C(C)(C)C)c1C(O)c1cc(C(C)(C)C)c(O)c(C(C)(C)C)c1)C(=O)O. The van der Waals surface area contributed by atoms with Crippen LogP contribution in [0.15, 0.2) is 18.2 Å². The molecule has 5 nitrogen and oxygen atoms in total. The average molecular weight is 527 g/mol. The molecule has 0 spiro atoms. The monoisotopic (exact) mass is 526 g/mol. The van der Waals surface area contributed by atoms with Gasteiger partial charge in [0.15, 0.2) is 0 Å². The van der Waals surface area contributed by atoms with Gasteiger partial charge in [-0.1, -0.05) is 96.1 Å². The number of hydrogen-bond donors (Lipinski definition) is 4. The summed E-state index contributed by atoms with van der Waals surface area (Å²) in [7, 11) is 0. The lowest BCUT2D eigenvalue weighted by atomic mass is 9.72. The van der Waals surface area contributed by atoms with Crippen LogP contribution < -0.4 is 0 Å². The summed E-state index contributed by atoms with van der Waals surface area (Å²) in [6, 6.07) is 5.57. The van der Waals surface area contributed by atoms with Crippen LogP contribution in [-0.4, -0.2) is 26.4 Å². The van der Waals surface area contributed by atoms with E-state index in [0.29, 0.717) is 22.3 Å². The number of hydrogen-bond acceptors (Lipinski definition) is 4. The minimum Gasteiger partial charge on any atom is -0.507 e. The average Bonchev–Trinajstić information content (AvgIpc) is 2.70. The third kappa shape index (κ3) is 6.54. The number of benzene rings is 2. The van der Waals surface area contributed by atoms with Gasteiger partial charge in [0.25, 0.3) is 0 Å². The lowest BCUT2D eigenvalue weighted by Crippen LogP contribution is -2.25. The van der Waals surface area contributed by atoms with Crippen molar-refractivity contribution in [3.63, 3.8) is 0 Å². The van der Waals surface area contributed by atoms with Gasteiger partial charge in [-0.05, 0) is 73.6 Å². The zero-order valence-corrected chi connectivity index (χ0v) is 25.8. The maximum atomic E-state index is 12.1. The van der Waals surface area contributed by atoms with Crippen molar-refractivity contribution in [1.29, 1.82) is 0 Å². The standard InChI is InChI=1S/C33H50O5/c1-18(29(37)38)14-19-15-23(32(8,9)10)28(36)25(33(11,12)13)24(19)26(34)20-16-21(30(2,3)4)27(35)22(17-20)31(5,6)7/h15-18,26,34-36H,14H2,1-13H3,(H,37,38). The van der Waals surface area contributed by atoms with E-state index in [9.17, 15) is 25.2 Å². The third-order valence-corrected chi connectivity index (χ3v) is 7.27. The number of phenolic OH excluding ortho intramolecular Hbond substituents is 2. The van der Waals surface area contributed by atoms with Gasteiger partial charge >= 0.3 is 5.97 Å². The number of carbonyl (C=O) groups is 1. The van der Waals surface area contributed by atoms with Gasteiger partial charge in [0, 0.05) is 5.56 Å². The number of aliphatic hydroxyl groups excluding tert-OH is 1. The first-order valence-corrected chi connectivity index (χ1v) is 13.6. The van der Waals surface area contributed by atoms with Gasteiger partial charge in [-0.25, -0.2) is 0 Å². The Hall–Kier alpha value is -2.53. The molecule has 38 heavy (non-hydrogen) atoms. The summed E-state index contributed by atoms with van der Waals surface area (Å²) in [5, 5.41) is 44.8. The van der Waals surface area contributed by atoms with Crippen LogP contribution in [0.1, 0.15) is 135 Å². The second kappa shape index (κ2) is 10.2. The first-order chi connectivity index (χ1) is 16.9. The molecule has 2 aromatic carbocycles. The molecular formula is C33H50O5. The Balaban J connectivity index is 3.08. The molecule has 4 N–H and O–H groups in total. The maximum Gasteiger partial charge on any atom is 0.306 e. The maximum absolute atomic E-state index is 12.1. The Bertz CT molecular complexity index is 1160. The Labute approximate surface area is 229 Å². The molecule has 2 rings (SSSR count). The van der Waals surface area contributed by atoms with Gasteiger partial charge in [-0.15, -0.1) is 0 Å². The third-order valence-electron chi connectivity index (χ3n) is 7.27. The molecular weight excluding hydrogens is 476 g/mol. The quantitative estimate of drug-likeness (QED) is 0.321. The largest absolute Gasteiger partial charge is 0.507 e. The van der Waals surface area contributed by atoms with E-state index in [0.717, 1.165) is 16.7 Å². The molecule has 0 radical (unpaired) electrons. The predicted molar refractivity (Wildman–Crippen MR) is 156 cm³/mol. The summed E-state index contributed by atoms with van der Waals surface area (Å²) in [4.78, 5) is 11.9. The number of carboxylic acids is 1. The molecule has 0 amide bonds. The van der Waals surface area contributed by atoms with Crippen molar-refractivity contribution in [2.75, 3.05) is 0 Å². The zero-order chi connectivity index (χ0) is 29.8. The Morgan fingerprint density at radius 2 is 1.11 bits per heavy atom. The number of rotatable bonds is 5. The predicted octanol–water partition coefficient (Wildman–Crippen LogP) is 7.63. The summed E-state index contributed by atoms with van der Waals surface area (Å²) in [6.07, 6.45) is -0.923. The van der Waals surface area contributed by atoms with Gasteiger partial charge in [0.05, 0.1) is 5.92 Å². The van der Waals surface area contributed by atoms with Gasteiger partial charge in [0.2, 0.25) is 0 Å². The second-order valence-electron chi connectivity index (χ2n) is 15.0. The molecule has 0 aliphatic rings. The molecule has 0 heterocycles. The molecule has 5 heteroatoms. The van der Waals surface area contributed by atoms with E-state index in [2.05, 4.69) is 0 Å². The summed E-state index contributed by atoms with van der Waals surface area (Å²) in [5.74, 6) is -1.23. The van der Waals surface area contributed by atoms with E-state index < -0.39 is 28.8 Å². The molecule has 2 unspecified atom stereocenters. The molecule has 0 bridgehead atoms. The van der Waals surface area contributed by atoms with Crippen molar-refractivity contribution in [1.82, 2.24) is 0 Å². The molecule has 0 saturated heterocycles. The highest BCUT2D eigenvalue weighted by Gasteiger charge is 2.35. The van der Waals surface area contributed by atoms with E-state index in [-0.39, 0.29) is 28.7 Å². The number of aromatic hydroxyl groups is 2. The van der Waals surface area contributed by atoms with Crippen LogP contribution in [-0.2, 0) is 32.9 Å². The van der Waals surface area contributed by atoms with Crippen molar-refractivity contribution in [3.05, 3.63) is 57.1 Å². The smallest absolute Gasteiger partial charge is 0.306 e. The second-order valence-corrected chi connectivity index (χ2v) is 15.0. The highest BCUT2D eigenvalue weighted by molar-refractivity contribution is 5.70. The Kier molecular flexibility index (Phi) is 8.52. The molecule has 0 fully saturated rings. The molecule has 0 aliphatic heterocycles. The van der Waals surface area contributed by atoms with E-state index in [1.54, 1.807) is 6.92 Å². The molecule has 2 atom stereocenters. The van der Waals surface area contributed by atoms with E-state index in [1.807, 2.05) is 101 Å². The highest BCUT2D eigenvalue weighted by Crippen LogP contribution is 2.48. The highest BCUT2D eigenvalue weighted by atomic mass is 16.4. The first-order valence-electron chi connectivity index (χ1n) is 13.6. The lowest BCUT2D eigenvalue weighted by molar-refractivity contribution is -0.141. The van der Waals surface area contributed by atoms with Gasteiger partial charge < -0.3 is 20.4 Å². The number of phenols is 2. The van der Waals surface area contributed by atoms with Crippen LogP contribution in [0.4, 0.5) is 0 Å². The van der Waals surface area contributed by atoms with Crippen molar-refractivity contribution in [3.8, 4) is 11.5 Å². The number of aliphatic carboxylic acids is 1. The van der Waals surface area contributed by atoms with Crippen LogP contribution in [0.25, 0.3) is 0 Å². The number of aliphatic hydroxyl groups is 1. The summed E-state index contributed by atoms with van der Waals surface area (Å²) in [5.41, 5.74) is 2.96. The van der Waals surface area contributed by atoms with Crippen LogP contribution in [0.3, 0.4) is 0 Å².